The van der Waals surface area contributed by atoms with Crippen molar-refractivity contribution in [2.45, 2.75) is 26.2 Å². The summed E-state index contributed by atoms with van der Waals surface area (Å²) in [5.74, 6) is -0.576. The number of nitro groups is 1. The second-order valence-corrected chi connectivity index (χ2v) is 9.04. The van der Waals surface area contributed by atoms with Crippen LogP contribution in [0.2, 0.25) is 0 Å². The molecule has 164 valence electrons. The molecule has 10 heteroatoms. The topological polar surface area (TPSA) is 128 Å². The van der Waals surface area contributed by atoms with E-state index in [2.05, 4.69) is 12.2 Å². The first-order valence-corrected chi connectivity index (χ1v) is 11.0. The van der Waals surface area contributed by atoms with E-state index in [1.54, 1.807) is 12.1 Å². The van der Waals surface area contributed by atoms with Crippen molar-refractivity contribution in [2.75, 3.05) is 36.5 Å². The van der Waals surface area contributed by atoms with Crippen molar-refractivity contribution in [1.82, 2.24) is 0 Å². The highest BCUT2D eigenvalue weighted by Crippen LogP contribution is 2.40. The van der Waals surface area contributed by atoms with E-state index in [-0.39, 0.29) is 11.3 Å². The molecular formula is C21H24N4O5S. The number of hydrogen-bond donors (Lipinski definition) is 2. The fourth-order valence-electron chi connectivity index (χ4n) is 4.16. The van der Waals surface area contributed by atoms with Gasteiger partial charge in [-0.1, -0.05) is 6.92 Å². The van der Waals surface area contributed by atoms with Crippen LogP contribution in [0.4, 0.5) is 16.4 Å². The Morgan fingerprint density at radius 1 is 1.32 bits per heavy atom. The minimum absolute atomic E-state index is 0.135. The summed E-state index contributed by atoms with van der Waals surface area (Å²) in [7, 11) is 0. The summed E-state index contributed by atoms with van der Waals surface area (Å²) in [5.41, 5.74) is 7.36. The molecule has 1 fully saturated rings. The number of hydrogen-bond acceptors (Lipinski definition) is 7. The Labute approximate surface area is 183 Å². The lowest BCUT2D eigenvalue weighted by Crippen LogP contribution is -2.36. The first kappa shape index (κ1) is 21.3. The number of carbonyl (C=O) groups excluding carboxylic acids is 2. The van der Waals surface area contributed by atoms with Gasteiger partial charge in [-0.05, 0) is 42.9 Å². The molecule has 0 bridgehead atoms. The van der Waals surface area contributed by atoms with Crippen LogP contribution in [0.1, 0.15) is 44.5 Å². The molecule has 2 aliphatic rings. The molecule has 1 unspecified atom stereocenters. The Hall–Kier alpha value is -2.98. The van der Waals surface area contributed by atoms with E-state index >= 15 is 0 Å². The standard InChI is InChI=1S/C21H24N4O5S/c1-12-2-4-14-17(10-12)31-21(18(14)19(22)26)23-20(27)13-3-5-15(16(11-13)25(28)29)24-6-8-30-9-7-24/h3,5,11-12H,2,4,6-10H2,1H3,(H2,22,26)(H,23,27). The number of anilines is 2. The SMILES string of the molecule is CC1CCc2c(sc(NC(=O)c3ccc(N4CCOCC4)c([N+](=O)[O-])c3)c2C(N)=O)C1. The van der Waals surface area contributed by atoms with Crippen molar-refractivity contribution in [3.63, 3.8) is 0 Å². The minimum atomic E-state index is -0.573. The molecule has 1 atom stereocenters. The van der Waals surface area contributed by atoms with Gasteiger partial charge in [0, 0.05) is 29.6 Å². The third kappa shape index (κ3) is 4.26. The van der Waals surface area contributed by atoms with Gasteiger partial charge in [-0.25, -0.2) is 0 Å². The van der Waals surface area contributed by atoms with Gasteiger partial charge in [-0.3, -0.25) is 19.7 Å². The number of rotatable bonds is 5. The van der Waals surface area contributed by atoms with E-state index in [1.807, 2.05) is 4.90 Å². The quantitative estimate of drug-likeness (QED) is 0.539. The van der Waals surface area contributed by atoms with Crippen LogP contribution in [0.25, 0.3) is 0 Å². The highest BCUT2D eigenvalue weighted by molar-refractivity contribution is 7.17. The molecule has 1 aromatic heterocycles. The van der Waals surface area contributed by atoms with Gasteiger partial charge in [0.05, 0.1) is 23.7 Å². The van der Waals surface area contributed by atoms with Crippen LogP contribution in [-0.4, -0.2) is 43.0 Å². The number of benzene rings is 1. The second-order valence-electron chi connectivity index (χ2n) is 7.93. The molecule has 3 N–H and O–H groups in total. The molecule has 1 aliphatic heterocycles. The molecule has 1 aliphatic carbocycles. The van der Waals surface area contributed by atoms with Gasteiger partial charge in [0.2, 0.25) is 0 Å². The Kier molecular flexibility index (Phi) is 5.92. The Balaban J connectivity index is 1.63. The van der Waals surface area contributed by atoms with Gasteiger partial charge in [0.15, 0.2) is 0 Å². The number of nitrogens with one attached hydrogen (secondary N) is 1. The zero-order valence-corrected chi connectivity index (χ0v) is 18.0. The molecule has 2 heterocycles. The lowest BCUT2D eigenvalue weighted by atomic mass is 9.88. The minimum Gasteiger partial charge on any atom is -0.378 e. The predicted molar refractivity (Wildman–Crippen MR) is 118 cm³/mol. The number of carbonyl (C=O) groups is 2. The maximum absolute atomic E-state index is 12.9. The van der Waals surface area contributed by atoms with Gasteiger partial charge in [-0.15, -0.1) is 11.3 Å². The number of morpholine rings is 1. The molecule has 9 nitrogen and oxygen atoms in total. The molecule has 2 amide bonds. The van der Waals surface area contributed by atoms with E-state index in [0.29, 0.717) is 48.5 Å². The van der Waals surface area contributed by atoms with Crippen molar-refractivity contribution in [3.05, 3.63) is 49.9 Å². The second kappa shape index (κ2) is 8.64. The third-order valence-electron chi connectivity index (χ3n) is 5.77. The summed E-state index contributed by atoms with van der Waals surface area (Å²) < 4.78 is 5.31. The molecule has 31 heavy (non-hydrogen) atoms. The first-order chi connectivity index (χ1) is 14.8. The van der Waals surface area contributed by atoms with Gasteiger partial charge in [0.1, 0.15) is 10.7 Å². The molecule has 0 spiro atoms. The molecule has 1 aromatic carbocycles. The molecule has 0 saturated carbocycles. The summed E-state index contributed by atoms with van der Waals surface area (Å²) in [6.07, 6.45) is 2.56. The summed E-state index contributed by atoms with van der Waals surface area (Å²) in [5, 5.41) is 14.8. The van der Waals surface area contributed by atoms with Gasteiger partial charge < -0.3 is 20.7 Å². The fraction of sp³-hybridized carbons (Fsp3) is 0.429. The van der Waals surface area contributed by atoms with Crippen LogP contribution in [-0.2, 0) is 17.6 Å². The first-order valence-electron chi connectivity index (χ1n) is 10.2. The number of ether oxygens (including phenoxy) is 1. The number of fused-ring (bicyclic) bond motifs is 1. The monoisotopic (exact) mass is 444 g/mol. The van der Waals surface area contributed by atoms with E-state index in [1.165, 1.54) is 17.4 Å². The van der Waals surface area contributed by atoms with Gasteiger partial charge in [0.25, 0.3) is 17.5 Å². The molecule has 0 radical (unpaired) electrons. The number of nitrogens with two attached hydrogens (primary N) is 1. The third-order valence-corrected chi connectivity index (χ3v) is 6.94. The van der Waals surface area contributed by atoms with Crippen LogP contribution in [0.3, 0.4) is 0 Å². The summed E-state index contributed by atoms with van der Waals surface area (Å²) in [4.78, 5) is 39.1. The van der Waals surface area contributed by atoms with Crippen LogP contribution < -0.4 is 16.0 Å². The van der Waals surface area contributed by atoms with E-state index in [4.69, 9.17) is 10.5 Å². The predicted octanol–water partition coefficient (Wildman–Crippen LogP) is 2.97. The Morgan fingerprint density at radius 3 is 2.74 bits per heavy atom. The fourth-order valence-corrected chi connectivity index (χ4v) is 5.57. The van der Waals surface area contributed by atoms with E-state index in [9.17, 15) is 19.7 Å². The van der Waals surface area contributed by atoms with Gasteiger partial charge in [-0.2, -0.15) is 0 Å². The number of nitro benzene ring substituents is 1. The van der Waals surface area contributed by atoms with Crippen molar-refractivity contribution < 1.29 is 19.2 Å². The smallest absolute Gasteiger partial charge is 0.293 e. The van der Waals surface area contributed by atoms with Crippen LogP contribution in [0.15, 0.2) is 18.2 Å². The summed E-state index contributed by atoms with van der Waals surface area (Å²) in [6.45, 7) is 4.24. The maximum Gasteiger partial charge on any atom is 0.293 e. The van der Waals surface area contributed by atoms with Crippen molar-refractivity contribution in [2.24, 2.45) is 11.7 Å². The number of nitrogens with zero attached hydrogens (tertiary/aromatic N) is 2. The average Bonchev–Trinajstić information content (AvgIpc) is 3.10. The van der Waals surface area contributed by atoms with Crippen LogP contribution in [0, 0.1) is 16.0 Å². The number of amides is 2. The molecule has 2 aromatic rings. The highest BCUT2D eigenvalue weighted by Gasteiger charge is 2.28. The van der Waals surface area contributed by atoms with Crippen molar-refractivity contribution >= 4 is 39.5 Å². The summed E-state index contributed by atoms with van der Waals surface area (Å²) in [6, 6.07) is 4.43. The van der Waals surface area contributed by atoms with E-state index < -0.39 is 16.7 Å². The maximum atomic E-state index is 12.9. The van der Waals surface area contributed by atoms with Crippen LogP contribution in [0.5, 0.6) is 0 Å². The molecular weight excluding hydrogens is 420 g/mol. The van der Waals surface area contributed by atoms with Crippen molar-refractivity contribution in [3.8, 4) is 0 Å². The largest absolute Gasteiger partial charge is 0.378 e. The lowest BCUT2D eigenvalue weighted by Gasteiger charge is -2.28. The van der Waals surface area contributed by atoms with Crippen molar-refractivity contribution in [1.29, 1.82) is 0 Å². The normalized spacial score (nSPS) is 18.4. The molecule has 1 saturated heterocycles. The Morgan fingerprint density at radius 2 is 2.06 bits per heavy atom. The average molecular weight is 445 g/mol. The van der Waals surface area contributed by atoms with E-state index in [0.717, 1.165) is 29.7 Å². The number of thiophene rings is 1. The highest BCUT2D eigenvalue weighted by atomic mass is 32.1. The zero-order valence-electron chi connectivity index (χ0n) is 17.2. The number of primary amides is 1. The Bertz CT molecular complexity index is 1040. The molecule has 4 rings (SSSR count). The lowest BCUT2D eigenvalue weighted by molar-refractivity contribution is -0.384. The zero-order chi connectivity index (χ0) is 22.1. The van der Waals surface area contributed by atoms with Gasteiger partial charge >= 0.3 is 0 Å². The van der Waals surface area contributed by atoms with Crippen LogP contribution >= 0.6 is 11.3 Å². The summed E-state index contributed by atoms with van der Waals surface area (Å²) >= 11 is 1.36.